The van der Waals surface area contributed by atoms with Gasteiger partial charge < -0.3 is 14.8 Å². The second-order valence-electron chi connectivity index (χ2n) is 6.71. The Bertz CT molecular complexity index is 514. The number of likely N-dealkylation sites (tertiary alicyclic amines) is 1. The molecule has 5 nitrogen and oxygen atoms in total. The number of carbonyl (C=O) groups excluding carboxylic acids is 1. The van der Waals surface area contributed by atoms with Gasteiger partial charge in [-0.1, -0.05) is 0 Å². The van der Waals surface area contributed by atoms with Gasteiger partial charge in [-0.2, -0.15) is 0 Å². The summed E-state index contributed by atoms with van der Waals surface area (Å²) in [7, 11) is 4.26. The van der Waals surface area contributed by atoms with E-state index in [0.717, 1.165) is 51.0 Å². The van der Waals surface area contributed by atoms with Crippen LogP contribution < -0.4 is 0 Å². The first-order valence-electron chi connectivity index (χ1n) is 8.04. The molecule has 1 aromatic rings. The molecule has 1 aliphatic heterocycles. The van der Waals surface area contributed by atoms with E-state index < -0.39 is 0 Å². The van der Waals surface area contributed by atoms with Crippen LogP contribution in [0.25, 0.3) is 0 Å². The summed E-state index contributed by atoms with van der Waals surface area (Å²) in [6.07, 6.45) is 4.91. The van der Waals surface area contributed by atoms with Gasteiger partial charge in [0, 0.05) is 37.2 Å². The molecule has 0 spiro atoms. The summed E-state index contributed by atoms with van der Waals surface area (Å²) in [6, 6.07) is 0.627. The predicted octanol–water partition coefficient (Wildman–Crippen LogP) is 1.38. The third-order valence-electron chi connectivity index (χ3n) is 5.02. The zero-order valence-electron chi connectivity index (χ0n) is 13.4. The van der Waals surface area contributed by atoms with Crippen molar-refractivity contribution < 1.29 is 4.79 Å². The molecule has 116 valence electrons. The predicted molar refractivity (Wildman–Crippen MR) is 82.1 cm³/mol. The number of fused-ring (bicyclic) bond motifs is 1. The third-order valence-corrected chi connectivity index (χ3v) is 5.02. The van der Waals surface area contributed by atoms with Gasteiger partial charge in [-0.25, -0.2) is 4.98 Å². The Morgan fingerprint density at radius 3 is 2.67 bits per heavy atom. The van der Waals surface area contributed by atoms with Gasteiger partial charge in [0.25, 0.3) is 0 Å². The molecule has 0 saturated carbocycles. The van der Waals surface area contributed by atoms with E-state index in [0.29, 0.717) is 11.9 Å². The van der Waals surface area contributed by atoms with Crippen molar-refractivity contribution in [3.8, 4) is 0 Å². The van der Waals surface area contributed by atoms with Crippen LogP contribution in [-0.2, 0) is 17.6 Å². The minimum absolute atomic E-state index is 0.147. The van der Waals surface area contributed by atoms with E-state index >= 15 is 0 Å². The zero-order valence-corrected chi connectivity index (χ0v) is 13.4. The SMILES string of the molecule is Cc1nc2c([nH]1)CC(C(=O)N1CCC(N(C)C)CC1)CC2. The van der Waals surface area contributed by atoms with Crippen LogP contribution in [0.5, 0.6) is 0 Å². The molecule has 5 heteroatoms. The van der Waals surface area contributed by atoms with Crippen molar-refractivity contribution in [1.82, 2.24) is 19.8 Å². The van der Waals surface area contributed by atoms with E-state index in [2.05, 4.69) is 33.9 Å². The fraction of sp³-hybridized carbons (Fsp3) is 0.750. The van der Waals surface area contributed by atoms with E-state index in [1.807, 2.05) is 6.92 Å². The summed E-state index contributed by atoms with van der Waals surface area (Å²) < 4.78 is 0. The maximum absolute atomic E-state index is 12.7. The van der Waals surface area contributed by atoms with Crippen LogP contribution in [0.15, 0.2) is 0 Å². The lowest BCUT2D eigenvalue weighted by atomic mass is 9.88. The molecule has 1 unspecified atom stereocenters. The maximum Gasteiger partial charge on any atom is 0.226 e. The van der Waals surface area contributed by atoms with Gasteiger partial charge >= 0.3 is 0 Å². The van der Waals surface area contributed by atoms with Crippen LogP contribution in [0.3, 0.4) is 0 Å². The quantitative estimate of drug-likeness (QED) is 0.895. The summed E-state index contributed by atoms with van der Waals surface area (Å²) in [5.41, 5.74) is 2.35. The monoisotopic (exact) mass is 290 g/mol. The van der Waals surface area contributed by atoms with Crippen molar-refractivity contribution in [2.45, 2.75) is 45.1 Å². The van der Waals surface area contributed by atoms with Crippen LogP contribution in [0, 0.1) is 12.8 Å². The number of nitrogens with zero attached hydrogens (tertiary/aromatic N) is 3. The van der Waals surface area contributed by atoms with Gasteiger partial charge in [0.15, 0.2) is 0 Å². The molecular weight excluding hydrogens is 264 g/mol. The van der Waals surface area contributed by atoms with E-state index in [9.17, 15) is 4.79 Å². The summed E-state index contributed by atoms with van der Waals surface area (Å²) >= 11 is 0. The summed E-state index contributed by atoms with van der Waals surface area (Å²) in [6.45, 7) is 3.81. The number of aromatic nitrogens is 2. The van der Waals surface area contributed by atoms with Gasteiger partial charge in [0.2, 0.25) is 5.91 Å². The number of nitrogens with one attached hydrogen (secondary N) is 1. The molecule has 2 aliphatic rings. The Morgan fingerprint density at radius 1 is 1.29 bits per heavy atom. The van der Waals surface area contributed by atoms with E-state index in [1.54, 1.807) is 0 Å². The minimum Gasteiger partial charge on any atom is -0.346 e. The molecule has 1 fully saturated rings. The Morgan fingerprint density at radius 2 is 2.00 bits per heavy atom. The lowest BCUT2D eigenvalue weighted by Gasteiger charge is -2.37. The zero-order chi connectivity index (χ0) is 15.0. The summed E-state index contributed by atoms with van der Waals surface area (Å²) in [4.78, 5) is 24.9. The molecule has 1 aliphatic carbocycles. The molecule has 1 amide bonds. The van der Waals surface area contributed by atoms with Crippen LogP contribution in [-0.4, -0.2) is 58.9 Å². The first-order chi connectivity index (χ1) is 10.0. The second-order valence-corrected chi connectivity index (χ2v) is 6.71. The molecule has 1 aromatic heterocycles. The van der Waals surface area contributed by atoms with Crippen molar-refractivity contribution in [2.24, 2.45) is 5.92 Å². The average molecular weight is 290 g/mol. The number of imidazole rings is 1. The van der Waals surface area contributed by atoms with Crippen molar-refractivity contribution in [2.75, 3.05) is 27.2 Å². The molecule has 21 heavy (non-hydrogen) atoms. The lowest BCUT2D eigenvalue weighted by molar-refractivity contribution is -0.137. The number of piperidine rings is 1. The number of rotatable bonds is 2. The van der Waals surface area contributed by atoms with Gasteiger partial charge in [0.1, 0.15) is 5.82 Å². The highest BCUT2D eigenvalue weighted by molar-refractivity contribution is 5.79. The smallest absolute Gasteiger partial charge is 0.226 e. The third kappa shape index (κ3) is 2.98. The second kappa shape index (κ2) is 5.79. The van der Waals surface area contributed by atoms with Gasteiger partial charge in [-0.15, -0.1) is 0 Å². The molecule has 3 rings (SSSR count). The molecule has 1 atom stereocenters. The number of aromatic amines is 1. The average Bonchev–Trinajstić information content (AvgIpc) is 2.85. The molecule has 0 radical (unpaired) electrons. The highest BCUT2D eigenvalue weighted by atomic mass is 16.2. The number of amides is 1. The largest absolute Gasteiger partial charge is 0.346 e. The molecule has 0 bridgehead atoms. The molecule has 1 N–H and O–H groups in total. The molecule has 0 aromatic carbocycles. The number of hydrogen-bond acceptors (Lipinski definition) is 3. The fourth-order valence-corrected chi connectivity index (χ4v) is 3.70. The first kappa shape index (κ1) is 14.6. The van der Waals surface area contributed by atoms with Gasteiger partial charge in [-0.05, 0) is 46.7 Å². The normalized spacial score (nSPS) is 23.4. The van der Waals surface area contributed by atoms with Gasteiger partial charge in [0.05, 0.1) is 5.69 Å². The Kier molecular flexibility index (Phi) is 4.02. The first-order valence-corrected chi connectivity index (χ1v) is 8.04. The van der Waals surface area contributed by atoms with Crippen LogP contribution in [0.2, 0.25) is 0 Å². The van der Waals surface area contributed by atoms with Crippen LogP contribution in [0.1, 0.15) is 36.5 Å². The molecule has 2 heterocycles. The number of carbonyl (C=O) groups is 1. The number of hydrogen-bond donors (Lipinski definition) is 1. The van der Waals surface area contributed by atoms with Crippen LogP contribution in [0.4, 0.5) is 0 Å². The van der Waals surface area contributed by atoms with E-state index in [4.69, 9.17) is 0 Å². The Labute approximate surface area is 126 Å². The van der Waals surface area contributed by atoms with Gasteiger partial charge in [-0.3, -0.25) is 4.79 Å². The van der Waals surface area contributed by atoms with E-state index in [-0.39, 0.29) is 5.92 Å². The van der Waals surface area contributed by atoms with Crippen molar-refractivity contribution in [1.29, 1.82) is 0 Å². The van der Waals surface area contributed by atoms with Crippen LogP contribution >= 0.6 is 0 Å². The van der Waals surface area contributed by atoms with Crippen molar-refractivity contribution in [3.63, 3.8) is 0 Å². The fourth-order valence-electron chi connectivity index (χ4n) is 3.70. The topological polar surface area (TPSA) is 52.2 Å². The highest BCUT2D eigenvalue weighted by Gasteiger charge is 2.32. The lowest BCUT2D eigenvalue weighted by Crippen LogP contribution is -2.47. The number of aryl methyl sites for hydroxylation is 2. The standard InChI is InChI=1S/C16H26N4O/c1-11-17-14-5-4-12(10-15(14)18-11)16(21)20-8-6-13(7-9-20)19(2)3/h12-13H,4-10H2,1-3H3,(H,17,18). The number of H-pyrrole nitrogens is 1. The summed E-state index contributed by atoms with van der Waals surface area (Å²) in [5.74, 6) is 1.47. The Balaban J connectivity index is 1.60. The van der Waals surface area contributed by atoms with Crippen molar-refractivity contribution in [3.05, 3.63) is 17.2 Å². The highest BCUT2D eigenvalue weighted by Crippen LogP contribution is 2.26. The summed E-state index contributed by atoms with van der Waals surface area (Å²) in [5, 5.41) is 0. The van der Waals surface area contributed by atoms with E-state index in [1.165, 1.54) is 11.4 Å². The molecule has 1 saturated heterocycles. The molecular formula is C16H26N4O. The maximum atomic E-state index is 12.7. The minimum atomic E-state index is 0.147. The Hall–Kier alpha value is -1.36. The van der Waals surface area contributed by atoms with Crippen molar-refractivity contribution >= 4 is 5.91 Å².